The van der Waals surface area contributed by atoms with Crippen LogP contribution in [0.4, 0.5) is 13.2 Å². The Morgan fingerprint density at radius 1 is 1.29 bits per heavy atom. The molecule has 0 saturated heterocycles. The number of aliphatic hydroxyl groups is 1. The summed E-state index contributed by atoms with van der Waals surface area (Å²) in [6.07, 6.45) is -2.80. The molecule has 78 valence electrons. The Balaban J connectivity index is 3.31. The number of hydrogen-bond donors (Lipinski definition) is 1. The number of aromatic nitrogens is 2. The van der Waals surface area contributed by atoms with E-state index in [1.165, 1.54) is 13.8 Å². The summed E-state index contributed by atoms with van der Waals surface area (Å²) in [6, 6.07) is 0. The van der Waals surface area contributed by atoms with E-state index in [0.29, 0.717) is 0 Å². The van der Waals surface area contributed by atoms with Crippen molar-refractivity contribution >= 4 is 0 Å². The second kappa shape index (κ2) is 3.20. The minimum Gasteiger partial charge on any atom is -0.386 e. The second-order valence-corrected chi connectivity index (χ2v) is 3.34. The van der Waals surface area contributed by atoms with Crippen molar-refractivity contribution in [3.63, 3.8) is 0 Å². The van der Waals surface area contributed by atoms with Gasteiger partial charge in [-0.3, -0.25) is 0 Å². The lowest BCUT2D eigenvalue weighted by atomic mass is 9.98. The summed E-state index contributed by atoms with van der Waals surface area (Å²) in [5, 5.41) is 9.45. The molecular formula is C8H9F3N2O. The highest BCUT2D eigenvalue weighted by Crippen LogP contribution is 2.34. The van der Waals surface area contributed by atoms with Crippen molar-refractivity contribution in [2.75, 3.05) is 0 Å². The summed E-state index contributed by atoms with van der Waals surface area (Å²) < 4.78 is 37.1. The highest BCUT2D eigenvalue weighted by Gasteiger charge is 2.38. The van der Waals surface area contributed by atoms with E-state index in [-0.39, 0.29) is 5.56 Å². The number of rotatable bonds is 1. The van der Waals surface area contributed by atoms with E-state index in [1.54, 1.807) is 0 Å². The predicted molar refractivity (Wildman–Crippen MR) is 42.3 cm³/mol. The molecule has 0 aromatic carbocycles. The molecule has 3 nitrogen and oxygen atoms in total. The van der Waals surface area contributed by atoms with Crippen molar-refractivity contribution in [1.82, 2.24) is 9.97 Å². The molecule has 0 aliphatic carbocycles. The van der Waals surface area contributed by atoms with Crippen molar-refractivity contribution in [1.29, 1.82) is 0 Å². The molecule has 0 spiro atoms. The largest absolute Gasteiger partial charge is 0.433 e. The molecular weight excluding hydrogens is 197 g/mol. The standard InChI is InChI=1S/C8H9F3N2O/c1-7(2,14)5-3-12-4-13-6(5)8(9,10)11/h3-4,14H,1-2H3. The Kier molecular flexibility index (Phi) is 2.49. The summed E-state index contributed by atoms with van der Waals surface area (Å²) in [4.78, 5) is 6.57. The zero-order valence-electron chi connectivity index (χ0n) is 7.63. The maximum Gasteiger partial charge on any atom is 0.433 e. The van der Waals surface area contributed by atoms with Crippen LogP contribution in [0.2, 0.25) is 0 Å². The highest BCUT2D eigenvalue weighted by atomic mass is 19.4. The van der Waals surface area contributed by atoms with Gasteiger partial charge in [0.05, 0.1) is 5.60 Å². The molecule has 0 bridgehead atoms. The van der Waals surface area contributed by atoms with Gasteiger partial charge in [-0.15, -0.1) is 0 Å². The Hall–Kier alpha value is -1.17. The summed E-state index contributed by atoms with van der Waals surface area (Å²) in [6.45, 7) is 2.50. The van der Waals surface area contributed by atoms with Gasteiger partial charge >= 0.3 is 6.18 Å². The van der Waals surface area contributed by atoms with Crippen LogP contribution in [0.5, 0.6) is 0 Å². The molecule has 1 heterocycles. The molecule has 0 unspecified atom stereocenters. The van der Waals surface area contributed by atoms with Crippen molar-refractivity contribution in [3.05, 3.63) is 23.8 Å². The second-order valence-electron chi connectivity index (χ2n) is 3.34. The zero-order valence-corrected chi connectivity index (χ0v) is 7.63. The zero-order chi connectivity index (χ0) is 11.0. The lowest BCUT2D eigenvalue weighted by Crippen LogP contribution is -2.23. The molecule has 1 N–H and O–H groups in total. The maximum absolute atomic E-state index is 12.4. The number of nitrogens with zero attached hydrogens (tertiary/aromatic N) is 2. The van der Waals surface area contributed by atoms with E-state index < -0.39 is 17.5 Å². The monoisotopic (exact) mass is 206 g/mol. The van der Waals surface area contributed by atoms with Crippen LogP contribution in [0.3, 0.4) is 0 Å². The summed E-state index contributed by atoms with van der Waals surface area (Å²) in [7, 11) is 0. The summed E-state index contributed by atoms with van der Waals surface area (Å²) >= 11 is 0. The van der Waals surface area contributed by atoms with Crippen LogP contribution in [0, 0.1) is 0 Å². The van der Waals surface area contributed by atoms with Gasteiger partial charge in [0.25, 0.3) is 0 Å². The van der Waals surface area contributed by atoms with Crippen LogP contribution in [0.25, 0.3) is 0 Å². The normalized spacial score (nSPS) is 13.0. The van der Waals surface area contributed by atoms with Crippen LogP contribution in [-0.2, 0) is 11.8 Å². The van der Waals surface area contributed by atoms with Gasteiger partial charge in [-0.05, 0) is 13.8 Å². The van der Waals surface area contributed by atoms with E-state index in [1.807, 2.05) is 0 Å². The number of hydrogen-bond acceptors (Lipinski definition) is 3. The topological polar surface area (TPSA) is 46.0 Å². The van der Waals surface area contributed by atoms with Gasteiger partial charge in [0, 0.05) is 11.8 Å². The van der Waals surface area contributed by atoms with E-state index in [2.05, 4.69) is 9.97 Å². The van der Waals surface area contributed by atoms with Gasteiger partial charge in [-0.25, -0.2) is 9.97 Å². The van der Waals surface area contributed by atoms with Gasteiger partial charge in [0.15, 0.2) is 5.69 Å². The van der Waals surface area contributed by atoms with E-state index in [9.17, 15) is 18.3 Å². The molecule has 1 aromatic heterocycles. The van der Waals surface area contributed by atoms with Gasteiger partial charge in [-0.1, -0.05) is 0 Å². The molecule has 0 atom stereocenters. The van der Waals surface area contributed by atoms with Crippen LogP contribution in [0.1, 0.15) is 25.1 Å². The van der Waals surface area contributed by atoms with Gasteiger partial charge in [-0.2, -0.15) is 13.2 Å². The summed E-state index contributed by atoms with van der Waals surface area (Å²) in [5.74, 6) is 0. The first-order valence-corrected chi connectivity index (χ1v) is 3.83. The Bertz CT molecular complexity index is 297. The molecule has 0 amide bonds. The molecule has 0 aliphatic heterocycles. The van der Waals surface area contributed by atoms with Crippen LogP contribution in [-0.4, -0.2) is 15.1 Å². The van der Waals surface area contributed by atoms with Crippen LogP contribution >= 0.6 is 0 Å². The third-order valence-electron chi connectivity index (χ3n) is 1.64. The fourth-order valence-electron chi connectivity index (χ4n) is 1.00. The first-order valence-electron chi connectivity index (χ1n) is 3.83. The van der Waals surface area contributed by atoms with Crippen molar-refractivity contribution in [3.8, 4) is 0 Å². The molecule has 0 fully saturated rings. The van der Waals surface area contributed by atoms with Crippen molar-refractivity contribution < 1.29 is 18.3 Å². The Morgan fingerprint density at radius 2 is 1.86 bits per heavy atom. The molecule has 1 rings (SSSR count). The van der Waals surface area contributed by atoms with Crippen LogP contribution < -0.4 is 0 Å². The lowest BCUT2D eigenvalue weighted by Gasteiger charge is -2.20. The lowest BCUT2D eigenvalue weighted by molar-refractivity contribution is -0.144. The average molecular weight is 206 g/mol. The first kappa shape index (κ1) is 10.9. The van der Waals surface area contributed by atoms with Crippen molar-refractivity contribution in [2.45, 2.75) is 25.6 Å². The number of halogens is 3. The van der Waals surface area contributed by atoms with Gasteiger partial charge in [0.1, 0.15) is 6.33 Å². The van der Waals surface area contributed by atoms with Crippen LogP contribution in [0.15, 0.2) is 12.5 Å². The quantitative estimate of drug-likeness (QED) is 0.761. The molecule has 0 saturated carbocycles. The smallest absolute Gasteiger partial charge is 0.386 e. The fraction of sp³-hybridized carbons (Fsp3) is 0.500. The first-order chi connectivity index (χ1) is 6.23. The highest BCUT2D eigenvalue weighted by molar-refractivity contribution is 5.24. The van der Waals surface area contributed by atoms with E-state index >= 15 is 0 Å². The molecule has 0 aliphatic rings. The van der Waals surface area contributed by atoms with E-state index in [0.717, 1.165) is 12.5 Å². The number of alkyl halides is 3. The molecule has 0 radical (unpaired) electrons. The SMILES string of the molecule is CC(C)(O)c1cncnc1C(F)(F)F. The maximum atomic E-state index is 12.4. The van der Waals surface area contributed by atoms with E-state index in [4.69, 9.17) is 0 Å². The minimum absolute atomic E-state index is 0.326. The molecule has 1 aromatic rings. The predicted octanol–water partition coefficient (Wildman–Crippen LogP) is 1.72. The Labute approximate surface area is 78.6 Å². The third kappa shape index (κ3) is 2.20. The molecule has 14 heavy (non-hydrogen) atoms. The minimum atomic E-state index is -4.57. The fourth-order valence-corrected chi connectivity index (χ4v) is 1.00. The average Bonchev–Trinajstić information content (AvgIpc) is 2.01. The third-order valence-corrected chi connectivity index (χ3v) is 1.64. The Morgan fingerprint density at radius 3 is 2.21 bits per heavy atom. The van der Waals surface area contributed by atoms with Crippen molar-refractivity contribution in [2.24, 2.45) is 0 Å². The summed E-state index contributed by atoms with van der Waals surface area (Å²) in [5.41, 5.74) is -3.03. The van der Waals surface area contributed by atoms with Gasteiger partial charge in [0.2, 0.25) is 0 Å². The van der Waals surface area contributed by atoms with Gasteiger partial charge < -0.3 is 5.11 Å². The molecule has 6 heteroatoms.